The molecule has 3 rings (SSSR count). The fourth-order valence-electron chi connectivity index (χ4n) is 2.28. The molecule has 10 nitrogen and oxygen atoms in total. The Morgan fingerprint density at radius 1 is 1.04 bits per heavy atom. The quantitative estimate of drug-likeness (QED) is 0.540. The zero-order chi connectivity index (χ0) is 17.6. The van der Waals surface area contributed by atoms with Crippen LogP contribution in [0.2, 0.25) is 0 Å². The third kappa shape index (κ3) is 2.36. The molecule has 1 aliphatic heterocycles. The molecule has 0 aromatic heterocycles. The van der Waals surface area contributed by atoms with Crippen LogP contribution in [0.15, 0.2) is 40.1 Å². The lowest BCUT2D eigenvalue weighted by atomic mass is 10.1. The molecule has 1 unspecified atom stereocenters. The van der Waals surface area contributed by atoms with Gasteiger partial charge in [0, 0.05) is 24.3 Å². The summed E-state index contributed by atoms with van der Waals surface area (Å²) >= 11 is 0. The van der Waals surface area contributed by atoms with Gasteiger partial charge < -0.3 is 10.4 Å². The van der Waals surface area contributed by atoms with Gasteiger partial charge in [-0.2, -0.15) is 0 Å². The Morgan fingerprint density at radius 3 is 2.25 bits per heavy atom. The minimum absolute atomic E-state index is 0.0345. The molecule has 0 saturated heterocycles. The number of nitro benzene ring substituents is 2. The van der Waals surface area contributed by atoms with E-state index in [4.69, 9.17) is 0 Å². The van der Waals surface area contributed by atoms with Gasteiger partial charge in [-0.25, -0.2) is 9.00 Å². The molecule has 0 spiro atoms. The number of fused-ring (bicyclic) bond motifs is 2. The van der Waals surface area contributed by atoms with Crippen LogP contribution in [0.1, 0.15) is 10.4 Å². The van der Waals surface area contributed by atoms with E-state index in [2.05, 4.69) is 5.32 Å². The number of nitro groups is 2. The Bertz CT molecular complexity index is 957. The van der Waals surface area contributed by atoms with Crippen molar-refractivity contribution in [1.82, 2.24) is 0 Å². The van der Waals surface area contributed by atoms with Crippen molar-refractivity contribution in [2.24, 2.45) is 0 Å². The third-order valence-electron chi connectivity index (χ3n) is 3.36. The molecule has 2 N–H and O–H groups in total. The fraction of sp³-hybridized carbons (Fsp3) is 0. The Kier molecular flexibility index (Phi) is 3.49. The van der Waals surface area contributed by atoms with E-state index in [9.17, 15) is 34.3 Å². The van der Waals surface area contributed by atoms with E-state index in [1.54, 1.807) is 0 Å². The van der Waals surface area contributed by atoms with E-state index >= 15 is 0 Å². The number of nitrogens with zero attached hydrogens (tertiary/aromatic N) is 2. The summed E-state index contributed by atoms with van der Waals surface area (Å²) in [6.07, 6.45) is 0. The van der Waals surface area contributed by atoms with Crippen molar-refractivity contribution in [3.05, 3.63) is 56.1 Å². The standard InChI is InChI=1S/C13H7N3O7S/c17-13(18)8-3-7(16(21)22)5-11-12(8)14-9-2-1-6(15(19)20)4-10(9)24(11)23/h1-5,14H,(H,17,18). The number of carbonyl (C=O) groups is 1. The van der Waals surface area contributed by atoms with E-state index in [-0.39, 0.29) is 26.9 Å². The zero-order valence-electron chi connectivity index (χ0n) is 11.6. The van der Waals surface area contributed by atoms with Crippen LogP contribution in [0.25, 0.3) is 0 Å². The van der Waals surface area contributed by atoms with Crippen LogP contribution < -0.4 is 5.32 Å². The van der Waals surface area contributed by atoms with Gasteiger partial charge in [-0.15, -0.1) is 0 Å². The molecule has 2 aromatic carbocycles. The van der Waals surface area contributed by atoms with Gasteiger partial charge in [-0.1, -0.05) is 0 Å². The van der Waals surface area contributed by atoms with E-state index in [1.165, 1.54) is 12.1 Å². The lowest BCUT2D eigenvalue weighted by molar-refractivity contribution is -0.385. The second-order valence-corrected chi connectivity index (χ2v) is 6.18. The van der Waals surface area contributed by atoms with Gasteiger partial charge in [0.25, 0.3) is 11.4 Å². The Morgan fingerprint density at radius 2 is 1.67 bits per heavy atom. The second kappa shape index (κ2) is 5.38. The van der Waals surface area contributed by atoms with E-state index < -0.39 is 37.9 Å². The van der Waals surface area contributed by atoms with E-state index in [1.807, 2.05) is 0 Å². The Labute approximate surface area is 135 Å². The molecule has 0 bridgehead atoms. The number of aromatic carboxylic acids is 1. The molecule has 2 aromatic rings. The first-order chi connectivity index (χ1) is 11.3. The first-order valence-corrected chi connectivity index (χ1v) is 7.47. The largest absolute Gasteiger partial charge is 0.478 e. The summed E-state index contributed by atoms with van der Waals surface area (Å²) in [5.41, 5.74) is -1.03. The summed E-state index contributed by atoms with van der Waals surface area (Å²) in [6, 6.07) is 5.43. The maximum atomic E-state index is 12.7. The lowest BCUT2D eigenvalue weighted by Gasteiger charge is -2.21. The number of benzene rings is 2. The molecule has 1 atom stereocenters. The van der Waals surface area contributed by atoms with Gasteiger partial charge >= 0.3 is 5.97 Å². The molecule has 0 aliphatic carbocycles. The van der Waals surface area contributed by atoms with E-state index in [0.717, 1.165) is 18.2 Å². The Hall–Kier alpha value is -3.34. The molecule has 122 valence electrons. The SMILES string of the molecule is O=C(O)c1cc([N+](=O)[O-])cc2c1Nc1ccc([N+](=O)[O-])cc1S2=O. The molecular weight excluding hydrogens is 342 g/mol. The summed E-state index contributed by atoms with van der Waals surface area (Å²) in [5.74, 6) is -1.43. The van der Waals surface area contributed by atoms with Crippen molar-refractivity contribution in [1.29, 1.82) is 0 Å². The lowest BCUT2D eigenvalue weighted by Crippen LogP contribution is -2.14. The number of carboxylic acid groups (broad SMARTS) is 1. The topological polar surface area (TPSA) is 153 Å². The zero-order valence-corrected chi connectivity index (χ0v) is 12.4. The summed E-state index contributed by atoms with van der Waals surface area (Å²) in [7, 11) is -2.01. The summed E-state index contributed by atoms with van der Waals surface area (Å²) < 4.78 is 12.7. The number of hydrogen-bond donors (Lipinski definition) is 2. The highest BCUT2D eigenvalue weighted by Gasteiger charge is 2.30. The molecule has 0 amide bonds. The first-order valence-electron chi connectivity index (χ1n) is 6.32. The van der Waals surface area contributed by atoms with Crippen LogP contribution in [0.5, 0.6) is 0 Å². The van der Waals surface area contributed by atoms with Crippen molar-refractivity contribution in [3.63, 3.8) is 0 Å². The maximum absolute atomic E-state index is 12.7. The minimum Gasteiger partial charge on any atom is -0.478 e. The normalized spacial score (nSPS) is 14.9. The summed E-state index contributed by atoms with van der Waals surface area (Å²) in [4.78, 5) is 31.6. The molecule has 1 heterocycles. The highest BCUT2D eigenvalue weighted by atomic mass is 32.2. The molecule has 0 radical (unpaired) electrons. The Balaban J connectivity index is 2.25. The number of anilines is 2. The van der Waals surface area contributed by atoms with Crippen LogP contribution in [-0.4, -0.2) is 25.1 Å². The predicted octanol–water partition coefficient (Wildman–Crippen LogP) is 2.42. The van der Waals surface area contributed by atoms with E-state index in [0.29, 0.717) is 0 Å². The predicted molar refractivity (Wildman–Crippen MR) is 81.1 cm³/mol. The van der Waals surface area contributed by atoms with Gasteiger partial charge in [0.15, 0.2) is 0 Å². The molecule has 1 aliphatic rings. The highest BCUT2D eigenvalue weighted by molar-refractivity contribution is 7.85. The number of carboxylic acids is 1. The average molecular weight is 349 g/mol. The van der Waals surface area contributed by atoms with Crippen LogP contribution in [0, 0.1) is 20.2 Å². The highest BCUT2D eigenvalue weighted by Crippen LogP contribution is 2.42. The van der Waals surface area contributed by atoms with Gasteiger partial charge in [0.05, 0.1) is 47.4 Å². The monoisotopic (exact) mass is 349 g/mol. The molecule has 0 fully saturated rings. The number of rotatable bonds is 3. The van der Waals surface area contributed by atoms with Crippen LogP contribution >= 0.6 is 0 Å². The van der Waals surface area contributed by atoms with Crippen molar-refractivity contribution >= 4 is 39.5 Å². The minimum atomic E-state index is -2.01. The van der Waals surface area contributed by atoms with Crippen molar-refractivity contribution in [3.8, 4) is 0 Å². The second-order valence-electron chi connectivity index (χ2n) is 4.76. The summed E-state index contributed by atoms with van der Waals surface area (Å²) in [6.45, 7) is 0. The van der Waals surface area contributed by atoms with Gasteiger partial charge in [0.2, 0.25) is 0 Å². The van der Waals surface area contributed by atoms with Gasteiger partial charge in [0.1, 0.15) is 0 Å². The van der Waals surface area contributed by atoms with Gasteiger partial charge in [-0.3, -0.25) is 20.2 Å². The van der Waals surface area contributed by atoms with Crippen LogP contribution in [-0.2, 0) is 10.8 Å². The average Bonchev–Trinajstić information content (AvgIpc) is 2.53. The smallest absolute Gasteiger partial charge is 0.338 e. The van der Waals surface area contributed by atoms with Crippen LogP contribution in [0.3, 0.4) is 0 Å². The number of non-ortho nitro benzene ring substituents is 2. The number of hydrogen-bond acceptors (Lipinski definition) is 7. The fourth-order valence-corrected chi connectivity index (χ4v) is 3.64. The maximum Gasteiger partial charge on any atom is 0.338 e. The van der Waals surface area contributed by atoms with Crippen LogP contribution in [0.4, 0.5) is 22.7 Å². The molecule has 0 saturated carbocycles. The van der Waals surface area contributed by atoms with Gasteiger partial charge in [-0.05, 0) is 6.07 Å². The van der Waals surface area contributed by atoms with Crippen molar-refractivity contribution < 1.29 is 24.0 Å². The molecular formula is C13H7N3O7S. The molecule has 24 heavy (non-hydrogen) atoms. The molecule has 11 heteroatoms. The number of nitrogens with one attached hydrogen (secondary N) is 1. The first kappa shape index (κ1) is 15.6. The third-order valence-corrected chi connectivity index (χ3v) is 4.82. The van der Waals surface area contributed by atoms with Crippen molar-refractivity contribution in [2.75, 3.05) is 5.32 Å². The van der Waals surface area contributed by atoms with Crippen molar-refractivity contribution in [2.45, 2.75) is 9.79 Å². The summed E-state index contributed by atoms with van der Waals surface area (Å²) in [5, 5.41) is 33.8.